The number of benzene rings is 5. The van der Waals surface area contributed by atoms with E-state index in [1.807, 2.05) is 78.9 Å². The first-order valence-electron chi connectivity index (χ1n) is 14.8. The minimum atomic E-state index is -0.944. The topological polar surface area (TPSA) is 79.5 Å². The van der Waals surface area contributed by atoms with Crippen LogP contribution in [0.2, 0.25) is 0 Å². The van der Waals surface area contributed by atoms with Gasteiger partial charge < -0.3 is 14.4 Å². The van der Waals surface area contributed by atoms with Crippen LogP contribution in [-0.4, -0.2) is 21.3 Å². The van der Waals surface area contributed by atoms with E-state index < -0.39 is 5.97 Å². The second kappa shape index (κ2) is 12.5. The van der Waals surface area contributed by atoms with Crippen molar-refractivity contribution < 1.29 is 14.3 Å². The van der Waals surface area contributed by atoms with E-state index in [2.05, 4.69) is 84.4 Å². The number of nitrogens with zero attached hydrogens (tertiary/aromatic N) is 3. The fourth-order valence-corrected chi connectivity index (χ4v) is 5.01. The monoisotopic (exact) mass is 591 g/mol. The third-order valence-corrected chi connectivity index (χ3v) is 7.59. The van der Waals surface area contributed by atoms with Gasteiger partial charge in [-0.05, 0) is 94.9 Å². The van der Waals surface area contributed by atoms with Gasteiger partial charge in [0.15, 0.2) is 0 Å². The molecule has 6 rings (SSSR count). The van der Waals surface area contributed by atoms with Crippen molar-refractivity contribution in [1.29, 1.82) is 0 Å². The minimum Gasteiger partial charge on any atom is -0.478 e. The molecule has 6 aromatic rings. The summed E-state index contributed by atoms with van der Waals surface area (Å²) in [4.78, 5) is 13.5. The van der Waals surface area contributed by atoms with Crippen molar-refractivity contribution in [2.45, 2.75) is 26.2 Å². The number of para-hydroxylation sites is 1. The Bertz CT molecular complexity index is 1920. The Balaban J connectivity index is 1.16. The fourth-order valence-electron chi connectivity index (χ4n) is 5.01. The van der Waals surface area contributed by atoms with E-state index in [0.29, 0.717) is 11.8 Å². The van der Waals surface area contributed by atoms with Crippen LogP contribution in [0.15, 0.2) is 132 Å². The molecule has 0 aliphatic carbocycles. The van der Waals surface area contributed by atoms with Gasteiger partial charge in [0.05, 0.1) is 5.56 Å². The molecular formula is C39H33N3O3. The normalized spacial score (nSPS) is 11.5. The van der Waals surface area contributed by atoms with Gasteiger partial charge in [-0.2, -0.15) is 0 Å². The lowest BCUT2D eigenvalue weighted by Crippen LogP contribution is -2.10. The first kappa shape index (κ1) is 29.3. The highest BCUT2D eigenvalue weighted by molar-refractivity contribution is 5.89. The van der Waals surface area contributed by atoms with Crippen molar-refractivity contribution in [2.24, 2.45) is 0 Å². The molecule has 45 heavy (non-hydrogen) atoms. The summed E-state index contributed by atoms with van der Waals surface area (Å²) in [6.07, 6.45) is 4.13. The summed E-state index contributed by atoms with van der Waals surface area (Å²) in [5, 5.41) is 17.8. The molecule has 1 heterocycles. The number of anilines is 3. The quantitative estimate of drug-likeness (QED) is 0.177. The maximum absolute atomic E-state index is 11.4. The van der Waals surface area contributed by atoms with Gasteiger partial charge in [0.2, 0.25) is 11.8 Å². The third kappa shape index (κ3) is 6.76. The van der Waals surface area contributed by atoms with E-state index in [1.165, 1.54) is 5.56 Å². The average molecular weight is 592 g/mol. The van der Waals surface area contributed by atoms with Gasteiger partial charge in [-0.1, -0.05) is 87.5 Å². The summed E-state index contributed by atoms with van der Waals surface area (Å²) in [7, 11) is 0. The van der Waals surface area contributed by atoms with Gasteiger partial charge in [0.25, 0.3) is 0 Å². The Morgan fingerprint density at radius 2 is 1.07 bits per heavy atom. The molecule has 0 atom stereocenters. The number of carboxylic acid groups (broad SMARTS) is 1. The smallest absolute Gasteiger partial charge is 0.335 e. The van der Waals surface area contributed by atoms with Crippen LogP contribution in [0, 0.1) is 0 Å². The highest BCUT2D eigenvalue weighted by Crippen LogP contribution is 2.35. The van der Waals surface area contributed by atoms with Crippen LogP contribution in [0.3, 0.4) is 0 Å². The zero-order valence-corrected chi connectivity index (χ0v) is 25.4. The van der Waals surface area contributed by atoms with E-state index in [9.17, 15) is 9.90 Å². The minimum absolute atomic E-state index is 0.0844. The summed E-state index contributed by atoms with van der Waals surface area (Å²) in [6, 6.07) is 41.4. The van der Waals surface area contributed by atoms with E-state index >= 15 is 0 Å². The van der Waals surface area contributed by atoms with Crippen molar-refractivity contribution >= 4 is 35.2 Å². The maximum atomic E-state index is 11.4. The summed E-state index contributed by atoms with van der Waals surface area (Å²) < 4.78 is 5.99. The Morgan fingerprint density at radius 3 is 1.56 bits per heavy atom. The molecule has 0 bridgehead atoms. The second-order valence-electron chi connectivity index (χ2n) is 11.8. The molecule has 0 aliphatic rings. The predicted molar refractivity (Wildman–Crippen MR) is 181 cm³/mol. The van der Waals surface area contributed by atoms with Gasteiger partial charge in [-0.15, -0.1) is 10.2 Å². The van der Waals surface area contributed by atoms with Crippen molar-refractivity contribution in [3.8, 4) is 22.9 Å². The van der Waals surface area contributed by atoms with Gasteiger partial charge in [0, 0.05) is 28.2 Å². The lowest BCUT2D eigenvalue weighted by molar-refractivity contribution is 0.0697. The number of hydrogen-bond acceptors (Lipinski definition) is 5. The van der Waals surface area contributed by atoms with E-state index in [1.54, 1.807) is 12.1 Å². The van der Waals surface area contributed by atoms with Crippen LogP contribution >= 0.6 is 0 Å². The zero-order valence-electron chi connectivity index (χ0n) is 25.4. The van der Waals surface area contributed by atoms with E-state index in [0.717, 1.165) is 39.3 Å². The molecule has 0 radical (unpaired) electrons. The molecule has 0 amide bonds. The molecule has 0 saturated carbocycles. The number of hydrogen-bond donors (Lipinski definition) is 1. The van der Waals surface area contributed by atoms with Gasteiger partial charge in [-0.3, -0.25) is 0 Å². The van der Waals surface area contributed by atoms with E-state index in [4.69, 9.17) is 4.42 Å². The number of carbonyl (C=O) groups is 1. The number of rotatable bonds is 8. The summed E-state index contributed by atoms with van der Waals surface area (Å²) >= 11 is 0. The molecule has 0 spiro atoms. The van der Waals surface area contributed by atoms with Gasteiger partial charge >= 0.3 is 5.97 Å². The van der Waals surface area contributed by atoms with Crippen LogP contribution < -0.4 is 4.90 Å². The third-order valence-electron chi connectivity index (χ3n) is 7.59. The molecule has 0 fully saturated rings. The second-order valence-corrected chi connectivity index (χ2v) is 11.8. The van der Waals surface area contributed by atoms with Crippen molar-refractivity contribution in [3.05, 3.63) is 150 Å². The maximum Gasteiger partial charge on any atom is 0.335 e. The number of aromatic nitrogens is 2. The molecule has 0 unspecified atom stereocenters. The van der Waals surface area contributed by atoms with Crippen molar-refractivity contribution in [1.82, 2.24) is 10.2 Å². The van der Waals surface area contributed by atoms with Crippen LogP contribution in [0.1, 0.15) is 47.8 Å². The molecular weight excluding hydrogens is 558 g/mol. The van der Waals surface area contributed by atoms with Crippen LogP contribution in [0.25, 0.3) is 35.1 Å². The van der Waals surface area contributed by atoms with E-state index in [-0.39, 0.29) is 11.0 Å². The van der Waals surface area contributed by atoms with Crippen LogP contribution in [0.5, 0.6) is 0 Å². The molecule has 6 nitrogen and oxygen atoms in total. The molecule has 1 aromatic heterocycles. The Kier molecular flexibility index (Phi) is 8.12. The highest BCUT2D eigenvalue weighted by atomic mass is 16.4. The molecule has 5 aromatic carbocycles. The lowest BCUT2D eigenvalue weighted by Gasteiger charge is -2.25. The summed E-state index contributed by atoms with van der Waals surface area (Å²) in [6.45, 7) is 6.57. The molecule has 0 saturated heterocycles. The molecule has 0 aliphatic heterocycles. The Morgan fingerprint density at radius 1 is 0.622 bits per heavy atom. The van der Waals surface area contributed by atoms with Crippen molar-refractivity contribution in [2.75, 3.05) is 4.90 Å². The van der Waals surface area contributed by atoms with Crippen molar-refractivity contribution in [3.63, 3.8) is 0 Å². The standard InChI is InChI=1S/C39H33N3O3/c1-39(2,3)32-21-17-30(18-22-32)37-41-40-36(45-37)29-15-11-27(12-16-29)9-10-28-13-23-34(24-14-28)42(33-7-5-4-6-8-33)35-25-19-31(20-26-35)38(43)44/h4-26H,1-3H3,(H,43,44)/b10-9+. The number of carboxylic acids is 1. The zero-order chi connectivity index (χ0) is 31.4. The molecule has 6 heteroatoms. The SMILES string of the molecule is CC(C)(C)c1ccc(-c2nnc(-c3ccc(/C=C/c4ccc(N(c5ccccc5)c5ccc(C(=O)O)cc5)cc4)cc3)o2)cc1. The Hall–Kier alpha value is -5.75. The first-order valence-corrected chi connectivity index (χ1v) is 14.8. The molecule has 222 valence electrons. The van der Waals surface area contributed by atoms with Crippen LogP contribution in [-0.2, 0) is 5.41 Å². The Labute approximate surface area is 262 Å². The largest absolute Gasteiger partial charge is 0.478 e. The average Bonchev–Trinajstić information content (AvgIpc) is 3.56. The lowest BCUT2D eigenvalue weighted by atomic mass is 9.87. The van der Waals surface area contributed by atoms with Crippen LogP contribution in [0.4, 0.5) is 17.1 Å². The summed E-state index contributed by atoms with van der Waals surface area (Å²) in [5.74, 6) is 0.0396. The molecule has 1 N–H and O–H groups in total. The highest BCUT2D eigenvalue weighted by Gasteiger charge is 2.16. The first-order chi connectivity index (χ1) is 21.7. The van der Waals surface area contributed by atoms with Gasteiger partial charge in [-0.25, -0.2) is 4.79 Å². The summed E-state index contributed by atoms with van der Waals surface area (Å²) in [5.41, 5.74) is 8.27. The predicted octanol–water partition coefficient (Wildman–Crippen LogP) is 10.0. The van der Waals surface area contributed by atoms with Gasteiger partial charge in [0.1, 0.15) is 0 Å². The fraction of sp³-hybridized carbons (Fsp3) is 0.103. The number of aromatic carboxylic acids is 1.